The summed E-state index contributed by atoms with van der Waals surface area (Å²) in [5, 5.41) is 3.38. The van der Waals surface area contributed by atoms with Crippen molar-refractivity contribution < 1.29 is 18.3 Å². The molecule has 0 aromatic carbocycles. The van der Waals surface area contributed by atoms with Gasteiger partial charge in [0.25, 0.3) is 6.43 Å². The van der Waals surface area contributed by atoms with Crippen molar-refractivity contribution >= 4 is 23.5 Å². The fourth-order valence-electron chi connectivity index (χ4n) is 3.95. The van der Waals surface area contributed by atoms with Crippen molar-refractivity contribution in [1.82, 2.24) is 15.1 Å². The number of nitrogens with one attached hydrogen (secondary N) is 1. The predicted octanol–water partition coefficient (Wildman–Crippen LogP) is -0.279. The first-order valence-corrected chi connectivity index (χ1v) is 10.2. The van der Waals surface area contributed by atoms with E-state index in [0.717, 1.165) is 0 Å². The van der Waals surface area contributed by atoms with Crippen LogP contribution < -0.4 is 11.1 Å². The van der Waals surface area contributed by atoms with Gasteiger partial charge in [0.05, 0.1) is 44.4 Å². The van der Waals surface area contributed by atoms with Crippen molar-refractivity contribution in [2.75, 3.05) is 52.6 Å². The highest BCUT2D eigenvalue weighted by Gasteiger charge is 2.45. The molecule has 3 N–H and O–H groups in total. The number of aliphatic imine (C=N–C) groups is 4. The number of nitrogens with zero attached hydrogens (tertiary/aromatic N) is 6. The van der Waals surface area contributed by atoms with Crippen molar-refractivity contribution in [3.63, 3.8) is 0 Å². The van der Waals surface area contributed by atoms with Crippen molar-refractivity contribution in [2.45, 2.75) is 32.6 Å². The van der Waals surface area contributed by atoms with Gasteiger partial charge in [-0.05, 0) is 13.8 Å². The number of rotatable bonds is 3. The first kappa shape index (κ1) is 21.1. The summed E-state index contributed by atoms with van der Waals surface area (Å²) in [7, 11) is 0. The maximum absolute atomic E-state index is 13.9. The predicted molar refractivity (Wildman–Crippen MR) is 109 cm³/mol. The zero-order valence-corrected chi connectivity index (χ0v) is 17.2. The van der Waals surface area contributed by atoms with Crippen LogP contribution >= 0.6 is 0 Å². The Bertz CT molecular complexity index is 780. The fraction of sp³-hybridized carbons (Fsp3) is 0.778. The highest BCUT2D eigenvalue weighted by Crippen LogP contribution is 2.31. The van der Waals surface area contributed by atoms with Gasteiger partial charge in [0.1, 0.15) is 11.5 Å². The molecule has 0 bridgehead atoms. The Balaban J connectivity index is 1.72. The number of amidine groups is 1. The van der Waals surface area contributed by atoms with Crippen LogP contribution in [0, 0.1) is 5.41 Å². The zero-order chi connectivity index (χ0) is 21.3. The fourth-order valence-corrected chi connectivity index (χ4v) is 3.95. The minimum absolute atomic E-state index is 0.0200. The summed E-state index contributed by atoms with van der Waals surface area (Å²) in [5.41, 5.74) is 4.02. The number of halogens is 2. The molecule has 0 aromatic heterocycles. The van der Waals surface area contributed by atoms with E-state index in [9.17, 15) is 8.78 Å². The molecule has 0 aliphatic carbocycles. The summed E-state index contributed by atoms with van der Waals surface area (Å²) in [6, 6.07) is 0.0887. The van der Waals surface area contributed by atoms with Crippen LogP contribution in [0.15, 0.2) is 20.0 Å². The molecule has 4 heterocycles. The Morgan fingerprint density at radius 1 is 1.17 bits per heavy atom. The molecule has 10 nitrogen and oxygen atoms in total. The van der Waals surface area contributed by atoms with Gasteiger partial charge in [-0.1, -0.05) is 0 Å². The molecule has 0 amide bonds. The van der Waals surface area contributed by atoms with Gasteiger partial charge in [-0.25, -0.2) is 18.8 Å². The van der Waals surface area contributed by atoms with E-state index >= 15 is 0 Å². The molecule has 4 aliphatic rings. The van der Waals surface area contributed by atoms with Gasteiger partial charge in [0.2, 0.25) is 11.9 Å². The molecule has 0 aromatic rings. The van der Waals surface area contributed by atoms with Crippen LogP contribution in [0.4, 0.5) is 8.78 Å². The molecule has 2 unspecified atom stereocenters. The quantitative estimate of drug-likeness (QED) is 0.642. The van der Waals surface area contributed by atoms with Gasteiger partial charge in [-0.15, -0.1) is 0 Å². The highest BCUT2D eigenvalue weighted by molar-refractivity contribution is 6.18. The number of morpholine rings is 2. The molecule has 0 radical (unpaired) electrons. The van der Waals surface area contributed by atoms with E-state index in [0.29, 0.717) is 52.0 Å². The Labute approximate surface area is 173 Å². The van der Waals surface area contributed by atoms with Crippen LogP contribution in [0.25, 0.3) is 0 Å². The maximum atomic E-state index is 13.9. The van der Waals surface area contributed by atoms with E-state index in [-0.39, 0.29) is 30.1 Å². The summed E-state index contributed by atoms with van der Waals surface area (Å²) in [6.07, 6.45) is -3.23. The Morgan fingerprint density at radius 3 is 2.60 bits per heavy atom. The number of nitrogens with two attached hydrogens (primary N) is 1. The average molecular weight is 426 g/mol. The van der Waals surface area contributed by atoms with Crippen molar-refractivity contribution in [3.8, 4) is 0 Å². The number of alkyl halides is 2. The first-order valence-electron chi connectivity index (χ1n) is 10.2. The third-order valence-electron chi connectivity index (χ3n) is 5.80. The van der Waals surface area contributed by atoms with Crippen LogP contribution in [0.1, 0.15) is 13.8 Å². The van der Waals surface area contributed by atoms with Gasteiger partial charge >= 0.3 is 0 Å². The largest absolute Gasteiger partial charge is 0.379 e. The van der Waals surface area contributed by atoms with Gasteiger partial charge in [-0.2, -0.15) is 4.99 Å². The monoisotopic (exact) mass is 426 g/mol. The molecule has 2 fully saturated rings. The molecule has 30 heavy (non-hydrogen) atoms. The SMILES string of the molecule is C[C@H]1COCCN1C1=NC(C2(C)CN=C(N)N=C2C(F)F)=NC(N2CCOCC2)N1. The lowest BCUT2D eigenvalue weighted by atomic mass is 9.82. The van der Waals surface area contributed by atoms with Crippen LogP contribution in [0.5, 0.6) is 0 Å². The molecule has 3 atom stereocenters. The van der Waals surface area contributed by atoms with Gasteiger partial charge in [0.15, 0.2) is 6.29 Å². The van der Waals surface area contributed by atoms with E-state index in [4.69, 9.17) is 25.2 Å². The molecule has 4 aliphatic heterocycles. The number of ether oxygens (including phenoxy) is 2. The van der Waals surface area contributed by atoms with E-state index in [1.165, 1.54) is 0 Å². The van der Waals surface area contributed by atoms with Gasteiger partial charge in [0, 0.05) is 19.6 Å². The highest BCUT2D eigenvalue weighted by atomic mass is 19.3. The smallest absolute Gasteiger partial charge is 0.277 e. The molecule has 2 saturated heterocycles. The zero-order valence-electron chi connectivity index (χ0n) is 17.2. The molecule has 12 heteroatoms. The van der Waals surface area contributed by atoms with E-state index in [1.807, 2.05) is 6.92 Å². The summed E-state index contributed by atoms with van der Waals surface area (Å²) >= 11 is 0. The molecule has 0 saturated carbocycles. The second-order valence-corrected chi connectivity index (χ2v) is 7.98. The molecular formula is C18H28F2N8O2. The van der Waals surface area contributed by atoms with E-state index in [2.05, 4.69) is 25.1 Å². The minimum atomic E-state index is -2.79. The summed E-state index contributed by atoms with van der Waals surface area (Å²) in [6.45, 7) is 8.03. The van der Waals surface area contributed by atoms with Gasteiger partial charge in [-0.3, -0.25) is 9.89 Å². The minimum Gasteiger partial charge on any atom is -0.379 e. The van der Waals surface area contributed by atoms with Crippen LogP contribution in [-0.4, -0.2) is 105 Å². The van der Waals surface area contributed by atoms with Crippen LogP contribution in [0.2, 0.25) is 0 Å². The van der Waals surface area contributed by atoms with E-state index in [1.54, 1.807) is 6.92 Å². The molecule has 4 rings (SSSR count). The molecular weight excluding hydrogens is 398 g/mol. The topological polar surface area (TPSA) is 112 Å². The maximum Gasteiger partial charge on any atom is 0.277 e. The lowest BCUT2D eigenvalue weighted by molar-refractivity contribution is 0.00954. The number of hydrogen-bond donors (Lipinski definition) is 2. The Kier molecular flexibility index (Phi) is 5.98. The van der Waals surface area contributed by atoms with Crippen LogP contribution in [0.3, 0.4) is 0 Å². The second-order valence-electron chi connectivity index (χ2n) is 7.98. The third-order valence-corrected chi connectivity index (χ3v) is 5.80. The summed E-state index contributed by atoms with van der Waals surface area (Å²) < 4.78 is 38.8. The molecule has 0 spiro atoms. The Morgan fingerprint density at radius 2 is 1.90 bits per heavy atom. The van der Waals surface area contributed by atoms with Crippen molar-refractivity contribution in [1.29, 1.82) is 0 Å². The van der Waals surface area contributed by atoms with Crippen LogP contribution in [-0.2, 0) is 9.47 Å². The lowest BCUT2D eigenvalue weighted by Crippen LogP contribution is -2.61. The van der Waals surface area contributed by atoms with E-state index < -0.39 is 18.1 Å². The van der Waals surface area contributed by atoms with Crippen molar-refractivity contribution in [2.24, 2.45) is 31.1 Å². The normalized spacial score (nSPS) is 33.4. The Hall–Kier alpha value is -2.18. The lowest BCUT2D eigenvalue weighted by Gasteiger charge is -2.42. The summed E-state index contributed by atoms with van der Waals surface area (Å²) in [5.74, 6) is 0.736. The third kappa shape index (κ3) is 4.03. The number of hydrogen-bond acceptors (Lipinski definition) is 10. The standard InChI is InChI=1S/C18H28F2N8O2/c1-11-9-30-8-5-28(11)17-25-14(24-16(26-17)27-3-6-29-7-4-27)18(2)10-22-15(21)23-12(18)13(19)20/h11,13,16H,3-10H2,1-2H3,(H2,21,22)(H,24,25,26)/t11-,16?,18?/m0/s1. The summed E-state index contributed by atoms with van der Waals surface area (Å²) in [4.78, 5) is 21.6. The average Bonchev–Trinajstić information content (AvgIpc) is 2.76. The second kappa shape index (κ2) is 8.52. The number of guanidine groups is 2. The van der Waals surface area contributed by atoms with Gasteiger partial charge < -0.3 is 25.4 Å². The van der Waals surface area contributed by atoms with Crippen molar-refractivity contribution in [3.05, 3.63) is 0 Å². The molecule has 166 valence electrons. The first-order chi connectivity index (χ1) is 14.4.